The number of amides is 2. The van der Waals surface area contributed by atoms with E-state index in [-0.39, 0.29) is 6.54 Å². The number of aryl methyl sites for hydroxylation is 1. The van der Waals surface area contributed by atoms with Gasteiger partial charge in [0, 0.05) is 6.20 Å². The number of rotatable bonds is 5. The van der Waals surface area contributed by atoms with Crippen molar-refractivity contribution in [1.29, 1.82) is 0 Å². The van der Waals surface area contributed by atoms with Gasteiger partial charge in [0.15, 0.2) is 6.61 Å². The molecule has 0 radical (unpaired) electrons. The molecule has 0 spiro atoms. The number of hydroxylamine groups is 1. The number of nitrogens with one attached hydrogen (secondary N) is 2. The minimum atomic E-state index is -1.16. The van der Waals surface area contributed by atoms with Gasteiger partial charge in [-0.15, -0.1) is 0 Å². The molecule has 1 aromatic rings. The molecule has 2 amide bonds. The summed E-state index contributed by atoms with van der Waals surface area (Å²) in [5.74, 6) is -1.16. The first-order valence-electron chi connectivity index (χ1n) is 4.87. The lowest BCUT2D eigenvalue weighted by Crippen LogP contribution is -2.36. The smallest absolute Gasteiger partial charge is 0.339 e. The van der Waals surface area contributed by atoms with Crippen molar-refractivity contribution in [3.63, 3.8) is 0 Å². The molecule has 1 rings (SSSR count). The van der Waals surface area contributed by atoms with Crippen molar-refractivity contribution in [2.75, 3.05) is 6.61 Å². The monoisotopic (exact) mass is 239 g/mol. The lowest BCUT2D eigenvalue weighted by molar-refractivity contribution is -0.144. The molecule has 1 heterocycles. The van der Waals surface area contributed by atoms with E-state index < -0.39 is 18.6 Å². The number of aromatic nitrogens is 1. The molecule has 0 aromatic carbocycles. The number of hydrogen-bond acceptors (Lipinski definition) is 4. The Bertz CT molecular complexity index is 408. The van der Waals surface area contributed by atoms with E-state index in [9.17, 15) is 9.59 Å². The average Bonchev–Trinajstić information content (AvgIpc) is 2.27. The van der Waals surface area contributed by atoms with Gasteiger partial charge >= 0.3 is 12.0 Å². The molecular formula is C10H13N3O4. The van der Waals surface area contributed by atoms with Crippen molar-refractivity contribution < 1.29 is 19.5 Å². The SMILES string of the molecule is Cc1cccnc1CNC(=O)NOCC(=O)O. The number of nitrogens with zero attached hydrogens (tertiary/aromatic N) is 1. The summed E-state index contributed by atoms with van der Waals surface area (Å²) >= 11 is 0. The largest absolute Gasteiger partial charge is 0.479 e. The number of carbonyl (C=O) groups excluding carboxylic acids is 1. The Balaban J connectivity index is 2.29. The maximum atomic E-state index is 11.1. The normalized spacial score (nSPS) is 9.71. The number of urea groups is 1. The highest BCUT2D eigenvalue weighted by Crippen LogP contribution is 2.01. The van der Waals surface area contributed by atoms with Crippen LogP contribution < -0.4 is 10.8 Å². The van der Waals surface area contributed by atoms with E-state index >= 15 is 0 Å². The van der Waals surface area contributed by atoms with Crippen LogP contribution in [0.2, 0.25) is 0 Å². The Kier molecular flexibility index (Phi) is 4.89. The average molecular weight is 239 g/mol. The summed E-state index contributed by atoms with van der Waals surface area (Å²) < 4.78 is 0. The molecule has 0 atom stereocenters. The molecule has 0 unspecified atom stereocenters. The van der Waals surface area contributed by atoms with E-state index in [1.165, 1.54) is 0 Å². The number of pyridine rings is 1. The Morgan fingerprint density at radius 1 is 1.53 bits per heavy atom. The van der Waals surface area contributed by atoms with Crippen LogP contribution in [0, 0.1) is 6.92 Å². The maximum Gasteiger partial charge on any atom is 0.339 e. The second-order valence-electron chi connectivity index (χ2n) is 3.23. The minimum absolute atomic E-state index is 0.245. The zero-order valence-corrected chi connectivity index (χ0v) is 9.27. The fourth-order valence-corrected chi connectivity index (χ4v) is 1.07. The molecule has 0 bridgehead atoms. The molecule has 0 aliphatic heterocycles. The van der Waals surface area contributed by atoms with Gasteiger partial charge in [-0.3, -0.25) is 9.82 Å². The Hall–Kier alpha value is -2.15. The van der Waals surface area contributed by atoms with Gasteiger partial charge in [-0.2, -0.15) is 0 Å². The zero-order chi connectivity index (χ0) is 12.7. The fourth-order valence-electron chi connectivity index (χ4n) is 1.07. The van der Waals surface area contributed by atoms with Crippen molar-refractivity contribution in [2.24, 2.45) is 0 Å². The van der Waals surface area contributed by atoms with E-state index in [2.05, 4.69) is 15.1 Å². The van der Waals surface area contributed by atoms with Crippen molar-refractivity contribution in [3.05, 3.63) is 29.6 Å². The predicted octanol–water partition coefficient (Wildman–Crippen LogP) is 0.205. The number of carboxylic acid groups (broad SMARTS) is 1. The standard InChI is InChI=1S/C10H13N3O4/c1-7-3-2-4-11-8(7)5-12-10(16)13-17-6-9(14)15/h2-4H,5-6H2,1H3,(H,14,15)(H2,12,13,16). The number of carboxylic acids is 1. The van der Waals surface area contributed by atoms with Crippen LogP contribution in [0.3, 0.4) is 0 Å². The van der Waals surface area contributed by atoms with Crippen LogP contribution >= 0.6 is 0 Å². The number of carbonyl (C=O) groups is 2. The van der Waals surface area contributed by atoms with E-state index in [0.29, 0.717) is 0 Å². The molecule has 7 nitrogen and oxygen atoms in total. The highest BCUT2D eigenvalue weighted by atomic mass is 16.7. The molecule has 0 saturated carbocycles. The highest BCUT2D eigenvalue weighted by molar-refractivity contribution is 5.73. The summed E-state index contributed by atoms with van der Waals surface area (Å²) in [6, 6.07) is 3.06. The third-order valence-corrected chi connectivity index (χ3v) is 1.89. The first-order chi connectivity index (χ1) is 8.09. The summed E-state index contributed by atoms with van der Waals surface area (Å²) in [5.41, 5.74) is 3.64. The summed E-state index contributed by atoms with van der Waals surface area (Å²) in [6.45, 7) is 1.54. The van der Waals surface area contributed by atoms with Crippen LogP contribution in [0.5, 0.6) is 0 Å². The topological polar surface area (TPSA) is 101 Å². The van der Waals surface area contributed by atoms with Crippen molar-refractivity contribution in [3.8, 4) is 0 Å². The zero-order valence-electron chi connectivity index (χ0n) is 9.27. The van der Waals surface area contributed by atoms with Crippen LogP contribution in [0.4, 0.5) is 4.79 Å². The lowest BCUT2D eigenvalue weighted by atomic mass is 10.2. The van der Waals surface area contributed by atoms with Gasteiger partial charge < -0.3 is 10.4 Å². The molecule has 0 saturated heterocycles. The van der Waals surface area contributed by atoms with Gasteiger partial charge in [0.05, 0.1) is 12.2 Å². The second kappa shape index (κ2) is 6.44. The first-order valence-corrected chi connectivity index (χ1v) is 4.87. The van der Waals surface area contributed by atoms with Gasteiger partial charge in [-0.25, -0.2) is 15.1 Å². The number of hydrogen-bond donors (Lipinski definition) is 3. The first kappa shape index (κ1) is 12.9. The quantitative estimate of drug-likeness (QED) is 0.637. The molecule has 7 heteroatoms. The van der Waals surface area contributed by atoms with Gasteiger partial charge in [0.1, 0.15) is 0 Å². The second-order valence-corrected chi connectivity index (χ2v) is 3.23. The molecular weight excluding hydrogens is 226 g/mol. The van der Waals surface area contributed by atoms with Crippen LogP contribution in [0.15, 0.2) is 18.3 Å². The minimum Gasteiger partial charge on any atom is -0.479 e. The van der Waals surface area contributed by atoms with Crippen molar-refractivity contribution in [1.82, 2.24) is 15.8 Å². The van der Waals surface area contributed by atoms with Gasteiger partial charge in [-0.1, -0.05) is 6.07 Å². The van der Waals surface area contributed by atoms with Crippen molar-refractivity contribution in [2.45, 2.75) is 13.5 Å². The van der Waals surface area contributed by atoms with Gasteiger partial charge in [0.2, 0.25) is 0 Å². The molecule has 0 aliphatic carbocycles. The molecule has 0 aliphatic rings. The summed E-state index contributed by atoms with van der Waals surface area (Å²) in [4.78, 5) is 29.7. The van der Waals surface area contributed by atoms with Crippen LogP contribution in [-0.2, 0) is 16.2 Å². The Morgan fingerprint density at radius 2 is 2.29 bits per heavy atom. The van der Waals surface area contributed by atoms with Crippen molar-refractivity contribution >= 4 is 12.0 Å². The molecule has 0 fully saturated rings. The number of aliphatic carboxylic acids is 1. The predicted molar refractivity (Wildman–Crippen MR) is 57.9 cm³/mol. The van der Waals surface area contributed by atoms with E-state index in [0.717, 1.165) is 11.3 Å². The fraction of sp³-hybridized carbons (Fsp3) is 0.300. The maximum absolute atomic E-state index is 11.1. The summed E-state index contributed by atoms with van der Waals surface area (Å²) in [6.07, 6.45) is 1.63. The summed E-state index contributed by atoms with van der Waals surface area (Å²) in [5, 5.41) is 10.7. The molecule has 17 heavy (non-hydrogen) atoms. The summed E-state index contributed by atoms with van der Waals surface area (Å²) in [7, 11) is 0. The highest BCUT2D eigenvalue weighted by Gasteiger charge is 2.04. The lowest BCUT2D eigenvalue weighted by Gasteiger charge is -2.07. The van der Waals surface area contributed by atoms with Crippen LogP contribution in [-0.4, -0.2) is 28.7 Å². The molecule has 1 aromatic heterocycles. The third-order valence-electron chi connectivity index (χ3n) is 1.89. The third kappa shape index (κ3) is 4.94. The molecule has 92 valence electrons. The molecule has 3 N–H and O–H groups in total. The van der Waals surface area contributed by atoms with E-state index in [1.54, 1.807) is 12.3 Å². The van der Waals surface area contributed by atoms with Gasteiger partial charge in [0.25, 0.3) is 0 Å². The van der Waals surface area contributed by atoms with E-state index in [4.69, 9.17) is 5.11 Å². The van der Waals surface area contributed by atoms with Crippen LogP contribution in [0.25, 0.3) is 0 Å². The van der Waals surface area contributed by atoms with Gasteiger partial charge in [-0.05, 0) is 18.6 Å². The Labute approximate surface area is 97.8 Å². The van der Waals surface area contributed by atoms with Crippen LogP contribution in [0.1, 0.15) is 11.3 Å². The Morgan fingerprint density at radius 3 is 2.94 bits per heavy atom. The van der Waals surface area contributed by atoms with E-state index in [1.807, 2.05) is 18.5 Å².